The number of carbonyl (C=O) groups is 3. The molecule has 1 atom stereocenters. The molecule has 0 fully saturated rings. The number of nitrogens with one attached hydrogen (secondary N) is 2. The van der Waals surface area contributed by atoms with Gasteiger partial charge in [-0.15, -0.1) is 0 Å². The van der Waals surface area contributed by atoms with Gasteiger partial charge in [-0.2, -0.15) is 5.26 Å². The van der Waals surface area contributed by atoms with Gasteiger partial charge in [0.25, 0.3) is 5.91 Å². The molecule has 1 heterocycles. The number of hydrogen-bond acceptors (Lipinski definition) is 6. The van der Waals surface area contributed by atoms with Crippen molar-refractivity contribution in [3.63, 3.8) is 0 Å². The molecular formula is C20H21N3O5. The maximum absolute atomic E-state index is 12.5. The first-order valence-corrected chi connectivity index (χ1v) is 8.66. The number of aromatic nitrogens is 1. The highest BCUT2D eigenvalue weighted by molar-refractivity contribution is 6.01. The first-order chi connectivity index (χ1) is 13.3. The van der Waals surface area contributed by atoms with E-state index in [1.807, 2.05) is 6.07 Å². The van der Waals surface area contributed by atoms with Gasteiger partial charge in [-0.25, -0.2) is 9.59 Å². The van der Waals surface area contributed by atoms with Crippen LogP contribution in [0.25, 0.3) is 0 Å². The van der Waals surface area contributed by atoms with Crippen LogP contribution in [-0.2, 0) is 14.3 Å². The zero-order valence-electron chi connectivity index (χ0n) is 16.1. The van der Waals surface area contributed by atoms with E-state index in [0.29, 0.717) is 22.5 Å². The van der Waals surface area contributed by atoms with Crippen molar-refractivity contribution in [1.82, 2.24) is 4.98 Å². The predicted molar refractivity (Wildman–Crippen MR) is 101 cm³/mol. The van der Waals surface area contributed by atoms with Crippen molar-refractivity contribution in [2.75, 3.05) is 11.9 Å². The zero-order valence-corrected chi connectivity index (χ0v) is 16.1. The Morgan fingerprint density at radius 1 is 1.25 bits per heavy atom. The minimum absolute atomic E-state index is 0.178. The van der Waals surface area contributed by atoms with E-state index in [1.54, 1.807) is 39.0 Å². The number of aryl methyl sites for hydroxylation is 1. The van der Waals surface area contributed by atoms with Crippen LogP contribution in [0, 0.1) is 25.2 Å². The molecular weight excluding hydrogens is 362 g/mol. The summed E-state index contributed by atoms with van der Waals surface area (Å²) in [5, 5.41) is 11.5. The summed E-state index contributed by atoms with van der Waals surface area (Å²) in [6.07, 6.45) is -1.09. The number of rotatable bonds is 6. The van der Waals surface area contributed by atoms with Gasteiger partial charge in [-0.1, -0.05) is 6.07 Å². The number of anilines is 1. The lowest BCUT2D eigenvalue weighted by molar-refractivity contribution is -0.123. The monoisotopic (exact) mass is 383 g/mol. The lowest BCUT2D eigenvalue weighted by Crippen LogP contribution is -2.30. The van der Waals surface area contributed by atoms with Gasteiger partial charge in [0.15, 0.2) is 6.10 Å². The van der Waals surface area contributed by atoms with E-state index in [0.717, 1.165) is 0 Å². The minimum atomic E-state index is -1.09. The second-order valence-corrected chi connectivity index (χ2v) is 6.07. The first-order valence-electron chi connectivity index (χ1n) is 8.66. The lowest BCUT2D eigenvalue weighted by Gasteiger charge is -2.14. The Morgan fingerprint density at radius 2 is 1.96 bits per heavy atom. The highest BCUT2D eigenvalue weighted by Gasteiger charge is 2.26. The van der Waals surface area contributed by atoms with Crippen molar-refractivity contribution in [1.29, 1.82) is 5.26 Å². The fraction of sp³-hybridized carbons (Fsp3) is 0.300. The van der Waals surface area contributed by atoms with Crippen LogP contribution in [0.1, 0.15) is 51.5 Å². The van der Waals surface area contributed by atoms with Crippen LogP contribution >= 0.6 is 0 Å². The molecule has 2 N–H and O–H groups in total. The molecule has 0 saturated carbocycles. The maximum Gasteiger partial charge on any atom is 0.355 e. The Morgan fingerprint density at radius 3 is 2.61 bits per heavy atom. The van der Waals surface area contributed by atoms with Gasteiger partial charge in [0.2, 0.25) is 0 Å². The number of H-pyrrole nitrogens is 1. The van der Waals surface area contributed by atoms with Crippen molar-refractivity contribution in [3.8, 4) is 6.07 Å². The third-order valence-corrected chi connectivity index (χ3v) is 4.03. The Hall–Kier alpha value is -3.60. The van der Waals surface area contributed by atoms with E-state index >= 15 is 0 Å². The van der Waals surface area contributed by atoms with Crippen molar-refractivity contribution < 1.29 is 23.9 Å². The molecule has 0 spiro atoms. The summed E-state index contributed by atoms with van der Waals surface area (Å²) in [7, 11) is 0. The van der Waals surface area contributed by atoms with Gasteiger partial charge in [-0.05, 0) is 51.5 Å². The van der Waals surface area contributed by atoms with Crippen LogP contribution in [0.5, 0.6) is 0 Å². The number of nitriles is 1. The molecule has 0 bridgehead atoms. The Labute approximate surface area is 162 Å². The van der Waals surface area contributed by atoms with E-state index in [1.165, 1.54) is 13.0 Å². The van der Waals surface area contributed by atoms with Gasteiger partial charge < -0.3 is 19.8 Å². The third-order valence-electron chi connectivity index (χ3n) is 4.03. The van der Waals surface area contributed by atoms with E-state index in [4.69, 9.17) is 14.7 Å². The molecule has 146 valence electrons. The number of hydrogen-bond donors (Lipinski definition) is 2. The molecule has 1 aromatic carbocycles. The summed E-state index contributed by atoms with van der Waals surface area (Å²) < 4.78 is 10.2. The second kappa shape index (κ2) is 8.86. The van der Waals surface area contributed by atoms with Crippen molar-refractivity contribution in [2.24, 2.45) is 0 Å². The molecule has 0 aliphatic carbocycles. The first kappa shape index (κ1) is 20.7. The smallest absolute Gasteiger partial charge is 0.355 e. The molecule has 2 rings (SSSR count). The molecule has 1 aromatic heterocycles. The Balaban J connectivity index is 2.10. The number of carbonyl (C=O) groups excluding carboxylic acids is 3. The van der Waals surface area contributed by atoms with Crippen molar-refractivity contribution >= 4 is 23.5 Å². The van der Waals surface area contributed by atoms with Crippen LogP contribution in [0.2, 0.25) is 0 Å². The standard InChI is InChI=1S/C20H21N3O5/c1-5-27-20(26)17-11(2)16(12(3)22-17)19(25)28-13(4)18(24)23-15-8-6-7-14(9-15)10-21/h6-9,13,22H,5H2,1-4H3,(H,23,24)/t13-/m1/s1. The minimum Gasteiger partial charge on any atom is -0.461 e. The fourth-order valence-corrected chi connectivity index (χ4v) is 2.65. The summed E-state index contributed by atoms with van der Waals surface area (Å²) in [6, 6.07) is 8.36. The predicted octanol–water partition coefficient (Wildman–Crippen LogP) is 2.86. The summed E-state index contributed by atoms with van der Waals surface area (Å²) in [5.41, 5.74) is 2.03. The molecule has 1 amide bonds. The molecule has 28 heavy (non-hydrogen) atoms. The van der Waals surface area contributed by atoms with Gasteiger partial charge >= 0.3 is 11.9 Å². The van der Waals surface area contributed by atoms with Crippen LogP contribution in [-0.4, -0.2) is 35.5 Å². The second-order valence-electron chi connectivity index (χ2n) is 6.07. The maximum atomic E-state index is 12.5. The summed E-state index contributed by atoms with van der Waals surface area (Å²) >= 11 is 0. The van der Waals surface area contributed by atoms with Gasteiger partial charge in [-0.3, -0.25) is 4.79 Å². The largest absolute Gasteiger partial charge is 0.461 e. The van der Waals surface area contributed by atoms with Gasteiger partial charge in [0.05, 0.1) is 23.8 Å². The summed E-state index contributed by atoms with van der Waals surface area (Å²) in [6.45, 7) is 6.56. The number of aromatic amines is 1. The van der Waals surface area contributed by atoms with E-state index in [2.05, 4.69) is 10.3 Å². The van der Waals surface area contributed by atoms with E-state index in [-0.39, 0.29) is 17.9 Å². The van der Waals surface area contributed by atoms with Crippen molar-refractivity contribution in [2.45, 2.75) is 33.8 Å². The molecule has 2 aromatic rings. The highest BCUT2D eigenvalue weighted by Crippen LogP contribution is 2.21. The highest BCUT2D eigenvalue weighted by atomic mass is 16.5. The average molecular weight is 383 g/mol. The fourth-order valence-electron chi connectivity index (χ4n) is 2.65. The molecule has 8 nitrogen and oxygen atoms in total. The molecule has 0 saturated heterocycles. The SMILES string of the molecule is CCOC(=O)c1[nH]c(C)c(C(=O)O[C@H](C)C(=O)Nc2cccc(C#N)c2)c1C. The number of esters is 2. The third kappa shape index (κ3) is 4.57. The van der Waals surface area contributed by atoms with E-state index < -0.39 is 23.9 Å². The molecule has 0 radical (unpaired) electrons. The van der Waals surface area contributed by atoms with Crippen molar-refractivity contribution in [3.05, 3.63) is 52.3 Å². The van der Waals surface area contributed by atoms with Crippen LogP contribution < -0.4 is 5.32 Å². The number of ether oxygens (including phenoxy) is 2. The van der Waals surface area contributed by atoms with E-state index in [9.17, 15) is 14.4 Å². The quantitative estimate of drug-likeness (QED) is 0.740. The number of amides is 1. The Kier molecular flexibility index (Phi) is 6.55. The Bertz CT molecular complexity index is 955. The van der Waals surface area contributed by atoms with Gasteiger partial charge in [0, 0.05) is 11.4 Å². The van der Waals surface area contributed by atoms with Crippen LogP contribution in [0.3, 0.4) is 0 Å². The summed E-state index contributed by atoms with van der Waals surface area (Å²) in [5.74, 6) is -1.83. The number of benzene rings is 1. The van der Waals surface area contributed by atoms with Gasteiger partial charge in [0.1, 0.15) is 5.69 Å². The van der Waals surface area contributed by atoms with Crippen LogP contribution in [0.15, 0.2) is 24.3 Å². The summed E-state index contributed by atoms with van der Waals surface area (Å²) in [4.78, 5) is 39.6. The zero-order chi connectivity index (χ0) is 20.8. The number of nitrogens with zero attached hydrogens (tertiary/aromatic N) is 1. The lowest BCUT2D eigenvalue weighted by atomic mass is 10.1. The topological polar surface area (TPSA) is 121 Å². The average Bonchev–Trinajstić information content (AvgIpc) is 2.96. The molecule has 0 aliphatic heterocycles. The normalized spacial score (nSPS) is 11.2. The molecule has 8 heteroatoms. The molecule has 0 unspecified atom stereocenters. The molecule has 0 aliphatic rings. The van der Waals surface area contributed by atoms with Crippen LogP contribution in [0.4, 0.5) is 5.69 Å².